The van der Waals surface area contributed by atoms with Crippen molar-refractivity contribution < 1.29 is 4.79 Å². The summed E-state index contributed by atoms with van der Waals surface area (Å²) < 4.78 is 0. The van der Waals surface area contributed by atoms with Gasteiger partial charge in [-0.05, 0) is 55.4 Å². The molecule has 1 saturated heterocycles. The molecule has 0 atom stereocenters. The lowest BCUT2D eigenvalue weighted by Gasteiger charge is -2.31. The van der Waals surface area contributed by atoms with Crippen LogP contribution in [0.4, 0.5) is 0 Å². The number of rotatable bonds is 4. The zero-order valence-corrected chi connectivity index (χ0v) is 14.9. The van der Waals surface area contributed by atoms with Crippen LogP contribution in [0.2, 0.25) is 5.02 Å². The second-order valence-electron chi connectivity index (χ2n) is 5.64. The van der Waals surface area contributed by atoms with Crippen molar-refractivity contribution in [2.75, 3.05) is 20.1 Å². The van der Waals surface area contributed by atoms with Crippen molar-refractivity contribution in [3.8, 4) is 11.4 Å². The molecule has 3 rings (SSSR count). The molecule has 24 heavy (non-hydrogen) atoms. The number of aromatic nitrogens is 4. The van der Waals surface area contributed by atoms with Gasteiger partial charge in [-0.15, -0.1) is 22.6 Å². The Morgan fingerprint density at radius 3 is 2.67 bits per heavy atom. The van der Waals surface area contributed by atoms with Gasteiger partial charge in [0.1, 0.15) is 6.54 Å². The topological polar surface area (TPSA) is 75.9 Å². The Balaban J connectivity index is 0.00000208. The highest BCUT2D eigenvalue weighted by Gasteiger charge is 2.22. The van der Waals surface area contributed by atoms with E-state index in [0.717, 1.165) is 31.5 Å². The number of carbonyl (C=O) groups excluding carboxylic acids is 1. The van der Waals surface area contributed by atoms with Crippen molar-refractivity contribution in [2.24, 2.45) is 0 Å². The molecule has 9 heteroatoms. The minimum absolute atomic E-state index is 0. The molecule has 0 bridgehead atoms. The molecule has 0 saturated carbocycles. The number of carbonyl (C=O) groups is 1. The number of halogens is 2. The van der Waals surface area contributed by atoms with E-state index >= 15 is 0 Å². The van der Waals surface area contributed by atoms with E-state index in [1.807, 2.05) is 19.2 Å². The number of amides is 1. The van der Waals surface area contributed by atoms with Crippen molar-refractivity contribution >= 4 is 29.9 Å². The Labute approximate surface area is 151 Å². The fraction of sp³-hybridized carbons (Fsp3) is 0.467. The van der Waals surface area contributed by atoms with Crippen LogP contribution in [0.15, 0.2) is 24.3 Å². The van der Waals surface area contributed by atoms with E-state index in [1.54, 1.807) is 17.0 Å². The second kappa shape index (κ2) is 8.41. The van der Waals surface area contributed by atoms with E-state index in [0.29, 0.717) is 10.8 Å². The highest BCUT2D eigenvalue weighted by molar-refractivity contribution is 6.30. The SMILES string of the molecule is CN(C(=O)Cn1nnc(-c2ccc(Cl)cc2)n1)C1CCNCC1.Cl. The molecule has 1 N–H and O–H groups in total. The van der Waals surface area contributed by atoms with Crippen LogP contribution >= 0.6 is 24.0 Å². The smallest absolute Gasteiger partial charge is 0.246 e. The monoisotopic (exact) mass is 370 g/mol. The third-order valence-electron chi connectivity index (χ3n) is 4.08. The maximum atomic E-state index is 12.4. The number of piperidine rings is 1. The van der Waals surface area contributed by atoms with Gasteiger partial charge in [0.15, 0.2) is 0 Å². The molecular weight excluding hydrogens is 351 g/mol. The van der Waals surface area contributed by atoms with Gasteiger partial charge in [-0.25, -0.2) is 0 Å². The molecule has 1 aliphatic rings. The first-order valence-corrected chi connectivity index (χ1v) is 8.01. The maximum Gasteiger partial charge on any atom is 0.246 e. The standard InChI is InChI=1S/C15H19ClN6O.ClH/c1-21(13-6-8-17-9-7-13)14(23)10-22-19-15(18-20-22)11-2-4-12(16)5-3-11;/h2-5,13,17H,6-10H2,1H3;1H. The third-order valence-corrected chi connectivity index (χ3v) is 4.33. The fourth-order valence-electron chi connectivity index (χ4n) is 2.65. The van der Waals surface area contributed by atoms with Crippen molar-refractivity contribution in [3.05, 3.63) is 29.3 Å². The van der Waals surface area contributed by atoms with Gasteiger partial charge in [-0.3, -0.25) is 4.79 Å². The molecule has 2 heterocycles. The highest BCUT2D eigenvalue weighted by Crippen LogP contribution is 2.17. The molecule has 2 aromatic rings. The lowest BCUT2D eigenvalue weighted by atomic mass is 10.1. The third kappa shape index (κ3) is 4.43. The van der Waals surface area contributed by atoms with Crippen LogP contribution in [0.5, 0.6) is 0 Å². The van der Waals surface area contributed by atoms with Crippen LogP contribution in [0, 0.1) is 0 Å². The molecule has 0 radical (unpaired) electrons. The summed E-state index contributed by atoms with van der Waals surface area (Å²) in [7, 11) is 1.84. The van der Waals surface area contributed by atoms with Crippen LogP contribution in [-0.4, -0.2) is 57.2 Å². The average molecular weight is 371 g/mol. The van der Waals surface area contributed by atoms with Crippen LogP contribution in [0.3, 0.4) is 0 Å². The maximum absolute atomic E-state index is 12.4. The van der Waals surface area contributed by atoms with Gasteiger partial charge < -0.3 is 10.2 Å². The first-order chi connectivity index (χ1) is 11.1. The number of tetrazole rings is 1. The van der Waals surface area contributed by atoms with Gasteiger partial charge in [0.25, 0.3) is 0 Å². The zero-order valence-electron chi connectivity index (χ0n) is 13.4. The fourth-order valence-corrected chi connectivity index (χ4v) is 2.78. The van der Waals surface area contributed by atoms with Crippen molar-refractivity contribution in [2.45, 2.75) is 25.4 Å². The molecule has 1 aromatic heterocycles. The molecular formula is C15H20Cl2N6O. The summed E-state index contributed by atoms with van der Waals surface area (Å²) in [4.78, 5) is 15.5. The molecule has 130 valence electrons. The lowest BCUT2D eigenvalue weighted by Crippen LogP contribution is -2.45. The number of hydrogen-bond acceptors (Lipinski definition) is 5. The molecule has 1 aromatic carbocycles. The first-order valence-electron chi connectivity index (χ1n) is 7.63. The van der Waals surface area contributed by atoms with E-state index in [1.165, 1.54) is 4.80 Å². The van der Waals surface area contributed by atoms with Crippen LogP contribution in [0.1, 0.15) is 12.8 Å². The van der Waals surface area contributed by atoms with Gasteiger partial charge >= 0.3 is 0 Å². The summed E-state index contributed by atoms with van der Waals surface area (Å²) in [6, 6.07) is 7.48. The van der Waals surface area contributed by atoms with E-state index in [2.05, 4.69) is 20.7 Å². The predicted molar refractivity (Wildman–Crippen MR) is 94.2 cm³/mol. The van der Waals surface area contributed by atoms with E-state index in [-0.39, 0.29) is 30.9 Å². The Kier molecular flexibility index (Phi) is 6.53. The summed E-state index contributed by atoms with van der Waals surface area (Å²) in [5.41, 5.74) is 0.819. The van der Waals surface area contributed by atoms with Gasteiger partial charge in [0, 0.05) is 23.7 Å². The Bertz CT molecular complexity index is 669. The van der Waals surface area contributed by atoms with Gasteiger partial charge in [0.2, 0.25) is 11.7 Å². The van der Waals surface area contributed by atoms with Crippen LogP contribution < -0.4 is 5.32 Å². The normalized spacial score (nSPS) is 14.9. The molecule has 0 aliphatic carbocycles. The van der Waals surface area contributed by atoms with Gasteiger partial charge in [-0.2, -0.15) is 4.80 Å². The minimum Gasteiger partial charge on any atom is -0.341 e. The van der Waals surface area contributed by atoms with E-state index < -0.39 is 0 Å². The average Bonchev–Trinajstić information content (AvgIpc) is 3.04. The lowest BCUT2D eigenvalue weighted by molar-refractivity contribution is -0.133. The molecule has 0 spiro atoms. The molecule has 0 unspecified atom stereocenters. The number of likely N-dealkylation sites (N-methyl/N-ethyl adjacent to an activating group) is 1. The summed E-state index contributed by atoms with van der Waals surface area (Å²) in [6.45, 7) is 2.00. The predicted octanol–water partition coefficient (Wildman–Crippen LogP) is 1.63. The van der Waals surface area contributed by atoms with E-state index in [4.69, 9.17) is 11.6 Å². The van der Waals surface area contributed by atoms with Gasteiger partial charge in [-0.1, -0.05) is 11.6 Å². The Morgan fingerprint density at radius 1 is 1.33 bits per heavy atom. The highest BCUT2D eigenvalue weighted by atomic mass is 35.5. The number of nitrogens with one attached hydrogen (secondary N) is 1. The summed E-state index contributed by atoms with van der Waals surface area (Å²) in [5.74, 6) is 0.482. The summed E-state index contributed by atoms with van der Waals surface area (Å²) in [6.07, 6.45) is 1.95. The van der Waals surface area contributed by atoms with Crippen LogP contribution in [0.25, 0.3) is 11.4 Å². The minimum atomic E-state index is -0.00282. The van der Waals surface area contributed by atoms with Crippen molar-refractivity contribution in [1.29, 1.82) is 0 Å². The number of nitrogens with zero attached hydrogens (tertiary/aromatic N) is 5. The first kappa shape index (κ1) is 18.6. The van der Waals surface area contributed by atoms with E-state index in [9.17, 15) is 4.79 Å². The molecule has 1 amide bonds. The quantitative estimate of drug-likeness (QED) is 0.884. The zero-order chi connectivity index (χ0) is 16.2. The largest absolute Gasteiger partial charge is 0.341 e. The molecule has 1 fully saturated rings. The number of hydrogen-bond donors (Lipinski definition) is 1. The molecule has 1 aliphatic heterocycles. The Morgan fingerprint density at radius 2 is 2.00 bits per heavy atom. The summed E-state index contributed by atoms with van der Waals surface area (Å²) in [5, 5.41) is 16.2. The molecule has 7 nitrogen and oxygen atoms in total. The van der Waals surface area contributed by atoms with Crippen molar-refractivity contribution in [1.82, 2.24) is 30.4 Å². The Hall–Kier alpha value is -1.70. The summed E-state index contributed by atoms with van der Waals surface area (Å²) >= 11 is 5.87. The second-order valence-corrected chi connectivity index (χ2v) is 6.07. The number of benzene rings is 1. The van der Waals surface area contributed by atoms with Gasteiger partial charge in [0.05, 0.1) is 0 Å². The van der Waals surface area contributed by atoms with Crippen LogP contribution in [-0.2, 0) is 11.3 Å². The van der Waals surface area contributed by atoms with Crippen molar-refractivity contribution in [3.63, 3.8) is 0 Å².